The Labute approximate surface area is 110 Å². The monoisotopic (exact) mass is 258 g/mol. The number of rotatable bonds is 2. The lowest BCUT2D eigenvalue weighted by Crippen LogP contribution is -2.35. The van der Waals surface area contributed by atoms with Crippen LogP contribution >= 0.6 is 0 Å². The summed E-state index contributed by atoms with van der Waals surface area (Å²) in [6.45, 7) is 1.18. The van der Waals surface area contributed by atoms with Crippen LogP contribution in [0.5, 0.6) is 0 Å². The van der Waals surface area contributed by atoms with Crippen molar-refractivity contribution in [2.24, 2.45) is 0 Å². The van der Waals surface area contributed by atoms with Crippen LogP contribution in [0.2, 0.25) is 0 Å². The van der Waals surface area contributed by atoms with Crippen LogP contribution in [0.3, 0.4) is 0 Å². The molecule has 0 radical (unpaired) electrons. The Bertz CT molecular complexity index is 559. The van der Waals surface area contributed by atoms with Crippen molar-refractivity contribution in [1.29, 1.82) is 0 Å². The van der Waals surface area contributed by atoms with Crippen LogP contribution < -0.4 is 0 Å². The maximum absolute atomic E-state index is 12.1. The third kappa shape index (κ3) is 2.51. The second-order valence-electron chi connectivity index (χ2n) is 4.39. The van der Waals surface area contributed by atoms with E-state index in [2.05, 4.69) is 5.16 Å². The molecule has 19 heavy (non-hydrogen) atoms. The number of aromatic nitrogens is 1. The lowest BCUT2D eigenvalue weighted by molar-refractivity contribution is -0.144. The van der Waals surface area contributed by atoms with Crippen molar-refractivity contribution in [2.75, 3.05) is 13.2 Å². The van der Waals surface area contributed by atoms with Crippen molar-refractivity contribution in [3.05, 3.63) is 42.1 Å². The Balaban J connectivity index is 1.79. The molecular formula is C14H14N2O3. The number of hydrogen-bond acceptors (Lipinski definition) is 4. The minimum absolute atomic E-state index is 0.245. The molecule has 3 rings (SSSR count). The number of hydroxylamine groups is 2. The van der Waals surface area contributed by atoms with E-state index in [1.807, 2.05) is 30.3 Å². The zero-order valence-corrected chi connectivity index (χ0v) is 10.4. The highest BCUT2D eigenvalue weighted by Gasteiger charge is 2.23. The molecule has 98 valence electrons. The summed E-state index contributed by atoms with van der Waals surface area (Å²) in [7, 11) is 0. The van der Waals surface area contributed by atoms with Crippen molar-refractivity contribution in [2.45, 2.75) is 12.8 Å². The average Bonchev–Trinajstić information content (AvgIpc) is 2.98. The largest absolute Gasteiger partial charge is 0.355 e. The summed E-state index contributed by atoms with van der Waals surface area (Å²) < 4.78 is 5.21. The Morgan fingerprint density at radius 1 is 1.21 bits per heavy atom. The molecule has 0 spiro atoms. The fourth-order valence-electron chi connectivity index (χ4n) is 2.00. The van der Waals surface area contributed by atoms with Gasteiger partial charge in [0, 0.05) is 18.2 Å². The molecule has 1 aliphatic heterocycles. The molecular weight excluding hydrogens is 244 g/mol. The van der Waals surface area contributed by atoms with Crippen LogP contribution in [-0.2, 0) is 4.84 Å². The van der Waals surface area contributed by atoms with Crippen molar-refractivity contribution in [3.63, 3.8) is 0 Å². The molecule has 0 N–H and O–H groups in total. The quantitative estimate of drug-likeness (QED) is 0.830. The molecule has 2 aromatic rings. The first-order valence-corrected chi connectivity index (χ1v) is 6.31. The van der Waals surface area contributed by atoms with Gasteiger partial charge in [0.25, 0.3) is 5.91 Å². The molecule has 1 saturated heterocycles. The zero-order valence-electron chi connectivity index (χ0n) is 10.4. The summed E-state index contributed by atoms with van der Waals surface area (Å²) in [5.74, 6) is 0.339. The summed E-state index contributed by atoms with van der Waals surface area (Å²) in [4.78, 5) is 17.4. The Morgan fingerprint density at radius 2 is 2.05 bits per heavy atom. The van der Waals surface area contributed by atoms with Crippen LogP contribution in [-0.4, -0.2) is 29.3 Å². The Morgan fingerprint density at radius 3 is 2.79 bits per heavy atom. The van der Waals surface area contributed by atoms with Crippen molar-refractivity contribution in [1.82, 2.24) is 10.2 Å². The Hall–Kier alpha value is -2.14. The SMILES string of the molecule is O=C(c1cc(-c2ccccc2)on1)N1CCCCO1. The van der Waals surface area contributed by atoms with E-state index < -0.39 is 0 Å². The van der Waals surface area contributed by atoms with Crippen LogP contribution in [0.25, 0.3) is 11.3 Å². The molecule has 0 bridgehead atoms. The molecule has 1 aliphatic rings. The summed E-state index contributed by atoms with van der Waals surface area (Å²) in [5.41, 5.74) is 1.18. The molecule has 0 unspecified atom stereocenters. The molecule has 1 aromatic heterocycles. The van der Waals surface area contributed by atoms with E-state index in [0.29, 0.717) is 18.9 Å². The highest BCUT2D eigenvalue weighted by Crippen LogP contribution is 2.21. The van der Waals surface area contributed by atoms with Gasteiger partial charge >= 0.3 is 0 Å². The fraction of sp³-hybridized carbons (Fsp3) is 0.286. The first kappa shape index (κ1) is 11.9. The van der Waals surface area contributed by atoms with Crippen LogP contribution in [0.1, 0.15) is 23.3 Å². The summed E-state index contributed by atoms with van der Waals surface area (Å²) >= 11 is 0. The number of amides is 1. The first-order chi connectivity index (χ1) is 9.34. The zero-order chi connectivity index (χ0) is 13.1. The van der Waals surface area contributed by atoms with E-state index in [4.69, 9.17) is 9.36 Å². The number of carbonyl (C=O) groups is 1. The van der Waals surface area contributed by atoms with Crippen LogP contribution in [0.4, 0.5) is 0 Å². The van der Waals surface area contributed by atoms with Gasteiger partial charge in [-0.3, -0.25) is 9.63 Å². The third-order valence-corrected chi connectivity index (χ3v) is 3.02. The molecule has 0 aliphatic carbocycles. The van der Waals surface area contributed by atoms with Gasteiger partial charge in [-0.15, -0.1) is 0 Å². The smallest absolute Gasteiger partial charge is 0.299 e. The predicted octanol–water partition coefficient (Wildman–Crippen LogP) is 2.51. The van der Waals surface area contributed by atoms with Crippen molar-refractivity contribution >= 4 is 5.91 Å². The van der Waals surface area contributed by atoms with Gasteiger partial charge in [0.15, 0.2) is 11.5 Å². The maximum atomic E-state index is 12.1. The van der Waals surface area contributed by atoms with Gasteiger partial charge in [0.1, 0.15) is 0 Å². The summed E-state index contributed by atoms with van der Waals surface area (Å²) in [6.07, 6.45) is 1.94. The molecule has 1 amide bonds. The fourth-order valence-corrected chi connectivity index (χ4v) is 2.00. The highest BCUT2D eigenvalue weighted by atomic mass is 16.7. The van der Waals surface area contributed by atoms with Gasteiger partial charge < -0.3 is 4.52 Å². The predicted molar refractivity (Wildman–Crippen MR) is 68.2 cm³/mol. The summed E-state index contributed by atoms with van der Waals surface area (Å²) in [6, 6.07) is 11.2. The van der Waals surface area contributed by atoms with E-state index in [1.165, 1.54) is 5.06 Å². The van der Waals surface area contributed by atoms with Crippen molar-refractivity contribution in [3.8, 4) is 11.3 Å². The normalized spacial score (nSPS) is 15.5. The lowest BCUT2D eigenvalue weighted by Gasteiger charge is -2.24. The molecule has 0 saturated carbocycles. The van der Waals surface area contributed by atoms with E-state index in [1.54, 1.807) is 6.07 Å². The van der Waals surface area contributed by atoms with E-state index in [0.717, 1.165) is 18.4 Å². The van der Waals surface area contributed by atoms with Gasteiger partial charge in [-0.1, -0.05) is 35.5 Å². The standard InChI is InChI=1S/C14H14N2O3/c17-14(16-8-4-5-9-18-16)12-10-13(19-15-12)11-6-2-1-3-7-11/h1-3,6-7,10H,4-5,8-9H2. The van der Waals surface area contributed by atoms with Gasteiger partial charge in [-0.05, 0) is 12.8 Å². The first-order valence-electron chi connectivity index (χ1n) is 6.31. The number of hydrogen-bond donors (Lipinski definition) is 0. The molecule has 2 heterocycles. The van der Waals surface area contributed by atoms with Crippen LogP contribution in [0, 0.1) is 0 Å². The molecule has 0 atom stereocenters. The van der Waals surface area contributed by atoms with Crippen LogP contribution in [0.15, 0.2) is 40.9 Å². The molecule has 1 fully saturated rings. The molecule has 5 nitrogen and oxygen atoms in total. The minimum Gasteiger partial charge on any atom is -0.355 e. The topological polar surface area (TPSA) is 55.6 Å². The average molecular weight is 258 g/mol. The lowest BCUT2D eigenvalue weighted by atomic mass is 10.1. The highest BCUT2D eigenvalue weighted by molar-refractivity contribution is 5.92. The maximum Gasteiger partial charge on any atom is 0.299 e. The number of benzene rings is 1. The second kappa shape index (κ2) is 5.24. The minimum atomic E-state index is -0.245. The van der Waals surface area contributed by atoms with Gasteiger partial charge in [0.2, 0.25) is 0 Å². The van der Waals surface area contributed by atoms with Crippen molar-refractivity contribution < 1.29 is 14.2 Å². The van der Waals surface area contributed by atoms with E-state index >= 15 is 0 Å². The third-order valence-electron chi connectivity index (χ3n) is 3.02. The second-order valence-corrected chi connectivity index (χ2v) is 4.39. The number of carbonyl (C=O) groups excluding carboxylic acids is 1. The van der Waals surface area contributed by atoms with Gasteiger partial charge in [0.05, 0.1) is 6.61 Å². The van der Waals surface area contributed by atoms with E-state index in [-0.39, 0.29) is 11.6 Å². The van der Waals surface area contributed by atoms with E-state index in [9.17, 15) is 4.79 Å². The van der Waals surface area contributed by atoms with Gasteiger partial charge in [-0.2, -0.15) is 0 Å². The van der Waals surface area contributed by atoms with Gasteiger partial charge in [-0.25, -0.2) is 5.06 Å². The Kier molecular flexibility index (Phi) is 3.29. The summed E-state index contributed by atoms with van der Waals surface area (Å²) in [5, 5.41) is 5.18. The number of nitrogens with zero attached hydrogens (tertiary/aromatic N) is 2. The molecule has 1 aromatic carbocycles. The molecule has 5 heteroatoms.